The smallest absolute Gasteiger partial charge is 0.264 e. The molecule has 0 atom stereocenters. The number of anilines is 1. The van der Waals surface area contributed by atoms with Gasteiger partial charge in [0.05, 0.1) is 15.6 Å². The number of amides is 1. The number of aromatic nitrogens is 3. The van der Waals surface area contributed by atoms with Crippen LogP contribution in [0, 0.1) is 6.92 Å². The number of rotatable bonds is 5. The average Bonchev–Trinajstić information content (AvgIpc) is 3.13. The highest BCUT2D eigenvalue weighted by atomic mass is 35.5. The first-order valence-corrected chi connectivity index (χ1v) is 8.84. The second-order valence-electron chi connectivity index (χ2n) is 5.21. The number of ether oxygens (including phenoxy) is 1. The summed E-state index contributed by atoms with van der Waals surface area (Å²) in [6, 6.07) is 4.82. The SMILES string of the molecule is Cc1nc(NC(=O)COc2cc(Cl)ccc2Cl)sc1-c1nccn1C. The highest BCUT2D eigenvalue weighted by Gasteiger charge is 2.15. The van der Waals surface area contributed by atoms with Gasteiger partial charge in [0.25, 0.3) is 5.91 Å². The van der Waals surface area contributed by atoms with Crippen molar-refractivity contribution >= 4 is 45.6 Å². The van der Waals surface area contributed by atoms with Crippen molar-refractivity contribution in [1.29, 1.82) is 0 Å². The van der Waals surface area contributed by atoms with E-state index in [4.69, 9.17) is 27.9 Å². The van der Waals surface area contributed by atoms with Gasteiger partial charge >= 0.3 is 0 Å². The molecule has 3 rings (SSSR count). The van der Waals surface area contributed by atoms with E-state index in [0.717, 1.165) is 16.4 Å². The second kappa shape index (κ2) is 7.43. The number of hydrogen-bond acceptors (Lipinski definition) is 5. The van der Waals surface area contributed by atoms with Crippen molar-refractivity contribution in [2.24, 2.45) is 7.05 Å². The lowest BCUT2D eigenvalue weighted by atomic mass is 10.3. The number of imidazole rings is 1. The standard InChI is InChI=1S/C16H14Cl2N4O2S/c1-9-14(15-19-5-6-22(15)2)25-16(20-9)21-13(23)8-24-12-7-10(17)3-4-11(12)18/h3-7H,8H2,1-2H3,(H,20,21,23). The molecule has 0 aliphatic carbocycles. The Morgan fingerprint density at radius 1 is 1.40 bits per heavy atom. The van der Waals surface area contributed by atoms with Crippen LogP contribution in [0.15, 0.2) is 30.6 Å². The first kappa shape index (κ1) is 17.7. The van der Waals surface area contributed by atoms with Gasteiger partial charge in [0.1, 0.15) is 5.75 Å². The topological polar surface area (TPSA) is 69.0 Å². The van der Waals surface area contributed by atoms with Crippen LogP contribution in [0.1, 0.15) is 5.69 Å². The molecule has 130 valence electrons. The number of hydrogen-bond donors (Lipinski definition) is 1. The minimum absolute atomic E-state index is 0.198. The third-order valence-electron chi connectivity index (χ3n) is 3.32. The zero-order valence-electron chi connectivity index (χ0n) is 13.4. The summed E-state index contributed by atoms with van der Waals surface area (Å²) in [5.41, 5.74) is 0.799. The van der Waals surface area contributed by atoms with E-state index in [-0.39, 0.29) is 12.5 Å². The number of nitrogens with one attached hydrogen (secondary N) is 1. The fraction of sp³-hybridized carbons (Fsp3) is 0.188. The summed E-state index contributed by atoms with van der Waals surface area (Å²) in [6.45, 7) is 1.68. The van der Waals surface area contributed by atoms with Gasteiger partial charge in [-0.2, -0.15) is 0 Å². The van der Waals surface area contributed by atoms with Crippen molar-refractivity contribution in [3.8, 4) is 16.5 Å². The average molecular weight is 397 g/mol. The summed E-state index contributed by atoms with van der Waals surface area (Å²) in [6.07, 6.45) is 3.57. The molecule has 0 aliphatic rings. The third-order valence-corrected chi connectivity index (χ3v) is 4.94. The molecule has 1 N–H and O–H groups in total. The van der Waals surface area contributed by atoms with Crippen LogP contribution in [0.4, 0.5) is 5.13 Å². The molecule has 1 amide bonds. The van der Waals surface area contributed by atoms with Gasteiger partial charge in [-0.05, 0) is 19.1 Å². The van der Waals surface area contributed by atoms with E-state index in [2.05, 4.69) is 15.3 Å². The quantitative estimate of drug-likeness (QED) is 0.702. The van der Waals surface area contributed by atoms with E-state index in [9.17, 15) is 4.79 Å². The number of carbonyl (C=O) groups excluding carboxylic acids is 1. The van der Waals surface area contributed by atoms with Crippen LogP contribution in [0.2, 0.25) is 10.0 Å². The van der Waals surface area contributed by atoms with Crippen LogP contribution in [0.5, 0.6) is 5.75 Å². The number of thiazole rings is 1. The molecule has 0 saturated carbocycles. The Kier molecular flexibility index (Phi) is 5.27. The van der Waals surface area contributed by atoms with E-state index in [0.29, 0.717) is 20.9 Å². The number of halogens is 2. The Morgan fingerprint density at radius 2 is 2.20 bits per heavy atom. The molecule has 2 aromatic heterocycles. The van der Waals surface area contributed by atoms with Crippen LogP contribution < -0.4 is 10.1 Å². The minimum atomic E-state index is -0.337. The molecule has 6 nitrogen and oxygen atoms in total. The molecule has 9 heteroatoms. The van der Waals surface area contributed by atoms with Gasteiger partial charge in [0, 0.05) is 30.5 Å². The van der Waals surface area contributed by atoms with Crippen LogP contribution in [0.25, 0.3) is 10.7 Å². The molecular formula is C16H14Cl2N4O2S. The van der Waals surface area contributed by atoms with Crippen molar-refractivity contribution in [2.45, 2.75) is 6.92 Å². The van der Waals surface area contributed by atoms with Gasteiger partial charge < -0.3 is 9.30 Å². The van der Waals surface area contributed by atoms with Gasteiger partial charge in [-0.3, -0.25) is 10.1 Å². The summed E-state index contributed by atoms with van der Waals surface area (Å²) in [5, 5.41) is 4.08. The molecule has 2 heterocycles. The van der Waals surface area contributed by atoms with Crippen LogP contribution in [-0.2, 0) is 11.8 Å². The Morgan fingerprint density at radius 3 is 2.92 bits per heavy atom. The molecular weight excluding hydrogens is 383 g/mol. The van der Waals surface area contributed by atoms with Crippen LogP contribution in [0.3, 0.4) is 0 Å². The molecule has 3 aromatic rings. The number of benzene rings is 1. The Balaban J connectivity index is 1.66. The first-order chi connectivity index (χ1) is 11.9. The fourth-order valence-corrected chi connectivity index (χ4v) is 3.48. The maximum atomic E-state index is 12.1. The van der Waals surface area contributed by atoms with Crippen LogP contribution >= 0.6 is 34.5 Å². The summed E-state index contributed by atoms with van der Waals surface area (Å²) in [5.74, 6) is 0.821. The van der Waals surface area contributed by atoms with Crippen molar-refractivity contribution in [1.82, 2.24) is 14.5 Å². The lowest BCUT2D eigenvalue weighted by molar-refractivity contribution is -0.118. The summed E-state index contributed by atoms with van der Waals surface area (Å²) in [4.78, 5) is 21.7. The van der Waals surface area contributed by atoms with Crippen molar-refractivity contribution in [3.05, 3.63) is 46.3 Å². The molecule has 1 aromatic carbocycles. The maximum Gasteiger partial charge on any atom is 0.264 e. The fourth-order valence-electron chi connectivity index (χ4n) is 2.13. The highest BCUT2D eigenvalue weighted by Crippen LogP contribution is 2.31. The molecule has 0 spiro atoms. The molecule has 0 bridgehead atoms. The van der Waals surface area contributed by atoms with E-state index in [1.165, 1.54) is 11.3 Å². The molecule has 0 unspecified atom stereocenters. The zero-order valence-corrected chi connectivity index (χ0v) is 15.7. The van der Waals surface area contributed by atoms with E-state index < -0.39 is 0 Å². The summed E-state index contributed by atoms with van der Waals surface area (Å²) in [7, 11) is 1.91. The number of nitrogens with zero attached hydrogens (tertiary/aromatic N) is 3. The molecule has 0 fully saturated rings. The molecule has 0 saturated heterocycles. The van der Waals surface area contributed by atoms with Crippen molar-refractivity contribution < 1.29 is 9.53 Å². The highest BCUT2D eigenvalue weighted by molar-refractivity contribution is 7.19. The summed E-state index contributed by atoms with van der Waals surface area (Å²) < 4.78 is 7.31. The number of carbonyl (C=O) groups is 1. The van der Waals surface area contributed by atoms with Crippen LogP contribution in [-0.4, -0.2) is 27.0 Å². The minimum Gasteiger partial charge on any atom is -0.482 e. The maximum absolute atomic E-state index is 12.1. The zero-order chi connectivity index (χ0) is 18.0. The summed E-state index contributed by atoms with van der Waals surface area (Å²) >= 11 is 13.2. The van der Waals surface area contributed by atoms with E-state index in [1.54, 1.807) is 24.4 Å². The lowest BCUT2D eigenvalue weighted by Crippen LogP contribution is -2.20. The first-order valence-electron chi connectivity index (χ1n) is 7.27. The largest absolute Gasteiger partial charge is 0.482 e. The molecule has 0 radical (unpaired) electrons. The second-order valence-corrected chi connectivity index (χ2v) is 7.05. The van der Waals surface area contributed by atoms with E-state index in [1.807, 2.05) is 24.7 Å². The Labute approximate surface area is 158 Å². The third kappa shape index (κ3) is 4.12. The number of aryl methyl sites for hydroxylation is 2. The lowest BCUT2D eigenvalue weighted by Gasteiger charge is -2.07. The van der Waals surface area contributed by atoms with Crippen molar-refractivity contribution in [2.75, 3.05) is 11.9 Å². The predicted molar refractivity (Wildman–Crippen MR) is 99.6 cm³/mol. The van der Waals surface area contributed by atoms with Gasteiger partial charge in [0.15, 0.2) is 17.6 Å². The van der Waals surface area contributed by atoms with E-state index >= 15 is 0 Å². The van der Waals surface area contributed by atoms with Gasteiger partial charge in [-0.25, -0.2) is 9.97 Å². The van der Waals surface area contributed by atoms with Gasteiger partial charge in [-0.15, -0.1) is 0 Å². The molecule has 0 aliphatic heterocycles. The molecule has 25 heavy (non-hydrogen) atoms. The van der Waals surface area contributed by atoms with Gasteiger partial charge in [0.2, 0.25) is 0 Å². The Bertz CT molecular complexity index is 923. The normalized spacial score (nSPS) is 10.7. The predicted octanol–water partition coefficient (Wildman–Crippen LogP) is 4.18. The monoisotopic (exact) mass is 396 g/mol. The van der Waals surface area contributed by atoms with Gasteiger partial charge in [-0.1, -0.05) is 34.5 Å². The van der Waals surface area contributed by atoms with Crippen molar-refractivity contribution in [3.63, 3.8) is 0 Å². The Hall–Kier alpha value is -2.09.